The van der Waals surface area contributed by atoms with Crippen LogP contribution in [0.3, 0.4) is 0 Å². The van der Waals surface area contributed by atoms with Gasteiger partial charge in [0, 0.05) is 24.2 Å². The molecule has 1 saturated heterocycles. The molecule has 1 fully saturated rings. The van der Waals surface area contributed by atoms with Crippen LogP contribution < -0.4 is 15.4 Å². The molecule has 1 aliphatic heterocycles. The Balaban J connectivity index is 0.00000204. The van der Waals surface area contributed by atoms with Gasteiger partial charge in [0.05, 0.1) is 12.8 Å². The number of hydrogen-bond donors (Lipinski definition) is 2. The molecule has 2 N–H and O–H groups in total. The summed E-state index contributed by atoms with van der Waals surface area (Å²) < 4.78 is 59.4. The van der Waals surface area contributed by atoms with E-state index >= 15 is 0 Å². The molecule has 2 aromatic carbocycles. The lowest BCUT2D eigenvalue weighted by Crippen LogP contribution is -2.45. The molecule has 0 amide bonds. The lowest BCUT2D eigenvalue weighted by molar-refractivity contribution is -0.146. The highest BCUT2D eigenvalue weighted by Gasteiger charge is 2.38. The summed E-state index contributed by atoms with van der Waals surface area (Å²) >= 11 is 0. The van der Waals surface area contributed by atoms with Gasteiger partial charge < -0.3 is 15.4 Å². The fourth-order valence-electron chi connectivity index (χ4n) is 3.97. The second-order valence-electron chi connectivity index (χ2n) is 7.52. The van der Waals surface area contributed by atoms with E-state index in [1.165, 1.54) is 25.3 Å². The molecule has 0 spiro atoms. The zero-order valence-corrected chi connectivity index (χ0v) is 19.7. The summed E-state index contributed by atoms with van der Waals surface area (Å²) in [5, 5.41) is 16.6. The van der Waals surface area contributed by atoms with Crippen molar-refractivity contribution in [2.45, 2.75) is 37.6 Å². The van der Waals surface area contributed by atoms with E-state index in [9.17, 15) is 17.6 Å². The van der Waals surface area contributed by atoms with E-state index in [1.807, 2.05) is 6.07 Å². The maximum atomic E-state index is 13.7. The Morgan fingerprint density at radius 3 is 2.68 bits per heavy atom. The molecule has 186 valence electrons. The van der Waals surface area contributed by atoms with Crippen molar-refractivity contribution in [2.75, 3.05) is 13.7 Å². The first-order valence-electron chi connectivity index (χ1n) is 10.1. The van der Waals surface area contributed by atoms with Gasteiger partial charge in [0.1, 0.15) is 11.6 Å². The minimum atomic E-state index is -4.69. The highest BCUT2D eigenvalue weighted by atomic mass is 35.5. The van der Waals surface area contributed by atoms with E-state index in [4.69, 9.17) is 4.74 Å². The highest BCUT2D eigenvalue weighted by molar-refractivity contribution is 5.85. The van der Waals surface area contributed by atoms with Gasteiger partial charge >= 0.3 is 6.18 Å². The number of nitrogens with zero attached hydrogens (tertiary/aromatic N) is 4. The summed E-state index contributed by atoms with van der Waals surface area (Å²) in [6.45, 7) is 1.15. The fourth-order valence-corrected chi connectivity index (χ4v) is 3.97. The largest absolute Gasteiger partial charge is 0.496 e. The van der Waals surface area contributed by atoms with E-state index < -0.39 is 12.0 Å². The third-order valence-corrected chi connectivity index (χ3v) is 5.45. The smallest absolute Gasteiger partial charge is 0.453 e. The van der Waals surface area contributed by atoms with Gasteiger partial charge in [-0.05, 0) is 65.7 Å². The summed E-state index contributed by atoms with van der Waals surface area (Å²) in [5.74, 6) is -0.983. The van der Waals surface area contributed by atoms with Crippen molar-refractivity contribution in [3.05, 3.63) is 65.2 Å². The van der Waals surface area contributed by atoms with Crippen LogP contribution in [-0.2, 0) is 12.7 Å². The summed E-state index contributed by atoms with van der Waals surface area (Å²) in [4.78, 5) is 0. The van der Waals surface area contributed by atoms with E-state index in [-0.39, 0.29) is 48.4 Å². The van der Waals surface area contributed by atoms with Crippen LogP contribution in [0.5, 0.6) is 5.75 Å². The Morgan fingerprint density at radius 2 is 1.97 bits per heavy atom. The van der Waals surface area contributed by atoms with Crippen molar-refractivity contribution in [2.24, 2.45) is 0 Å². The number of tetrazole rings is 1. The third kappa shape index (κ3) is 6.15. The molecule has 3 aromatic rings. The molecule has 0 radical (unpaired) electrons. The number of halogens is 6. The van der Waals surface area contributed by atoms with Crippen LogP contribution >= 0.6 is 24.8 Å². The summed E-state index contributed by atoms with van der Waals surface area (Å²) in [5.41, 5.74) is 1.66. The first-order chi connectivity index (χ1) is 15.4. The fraction of sp³-hybridized carbons (Fsp3) is 0.381. The Morgan fingerprint density at radius 1 is 1.18 bits per heavy atom. The molecular weight excluding hydrogens is 499 g/mol. The van der Waals surface area contributed by atoms with Crippen molar-refractivity contribution in [3.8, 4) is 11.4 Å². The van der Waals surface area contributed by atoms with Crippen LogP contribution in [0.4, 0.5) is 17.6 Å². The number of alkyl halides is 3. The van der Waals surface area contributed by atoms with Crippen LogP contribution in [0.1, 0.15) is 35.8 Å². The first kappa shape index (κ1) is 27.8. The number of ether oxygens (including phenoxy) is 1. The standard InChI is InChI=1S/C21H22F4N6O.2ClH/c1-32-18-8-7-16(31-20(21(23,24)25)28-29-30-31)11-14(18)12-27-17-6-3-9-26-19(17)13-4-2-5-15(22)10-13;;/h2,4-5,7-8,10-11,17,19,26-27H,3,6,9,12H2,1H3;2*1H. The first-order valence-corrected chi connectivity index (χ1v) is 10.1. The van der Waals surface area contributed by atoms with Crippen LogP contribution in [0, 0.1) is 5.82 Å². The van der Waals surface area contributed by atoms with Crippen molar-refractivity contribution in [1.29, 1.82) is 0 Å². The molecule has 4 rings (SSSR count). The Kier molecular flexibility index (Phi) is 9.63. The Hall–Kier alpha value is -2.47. The maximum Gasteiger partial charge on any atom is 0.453 e. The highest BCUT2D eigenvalue weighted by Crippen LogP contribution is 2.30. The van der Waals surface area contributed by atoms with Gasteiger partial charge in [0.25, 0.3) is 5.82 Å². The van der Waals surface area contributed by atoms with Gasteiger partial charge in [0.2, 0.25) is 0 Å². The van der Waals surface area contributed by atoms with Gasteiger partial charge in [0.15, 0.2) is 0 Å². The Bertz CT molecular complexity index is 1080. The number of aromatic nitrogens is 4. The lowest BCUT2D eigenvalue weighted by atomic mass is 9.92. The van der Waals surface area contributed by atoms with Crippen molar-refractivity contribution >= 4 is 24.8 Å². The van der Waals surface area contributed by atoms with Gasteiger partial charge in [-0.1, -0.05) is 12.1 Å². The SMILES string of the molecule is COc1ccc(-n2nnnc2C(F)(F)F)cc1CNC1CCCNC1c1cccc(F)c1.Cl.Cl. The summed E-state index contributed by atoms with van der Waals surface area (Å²) in [6.07, 6.45) is -2.88. The number of benzene rings is 2. The minimum absolute atomic E-state index is 0. The second-order valence-corrected chi connectivity index (χ2v) is 7.52. The topological polar surface area (TPSA) is 76.9 Å². The Labute approximate surface area is 206 Å². The number of methoxy groups -OCH3 is 1. The average molecular weight is 523 g/mol. The molecule has 0 aliphatic carbocycles. The number of piperidine rings is 1. The van der Waals surface area contributed by atoms with E-state index in [0.29, 0.717) is 22.5 Å². The molecule has 2 unspecified atom stereocenters. The molecule has 2 atom stereocenters. The molecule has 13 heteroatoms. The monoisotopic (exact) mass is 522 g/mol. The van der Waals surface area contributed by atoms with Crippen LogP contribution in [0.2, 0.25) is 0 Å². The second kappa shape index (κ2) is 11.8. The predicted molar refractivity (Wildman–Crippen MR) is 122 cm³/mol. The van der Waals surface area contributed by atoms with Crippen molar-refractivity contribution in [3.63, 3.8) is 0 Å². The molecule has 7 nitrogen and oxygen atoms in total. The summed E-state index contributed by atoms with van der Waals surface area (Å²) in [6, 6.07) is 11.0. The zero-order chi connectivity index (χ0) is 22.7. The summed E-state index contributed by atoms with van der Waals surface area (Å²) in [7, 11) is 1.49. The van der Waals surface area contributed by atoms with Gasteiger partial charge in [-0.15, -0.1) is 29.9 Å². The lowest BCUT2D eigenvalue weighted by Gasteiger charge is -2.34. The zero-order valence-electron chi connectivity index (χ0n) is 18.1. The van der Waals surface area contributed by atoms with E-state index in [1.54, 1.807) is 18.2 Å². The minimum Gasteiger partial charge on any atom is -0.496 e. The number of rotatable bonds is 6. The predicted octanol–water partition coefficient (Wildman–Crippen LogP) is 4.26. The normalized spacial score (nSPS) is 18.0. The maximum absolute atomic E-state index is 13.7. The van der Waals surface area contributed by atoms with E-state index in [0.717, 1.165) is 24.9 Å². The van der Waals surface area contributed by atoms with Crippen LogP contribution in [0.15, 0.2) is 42.5 Å². The van der Waals surface area contributed by atoms with Gasteiger partial charge in [-0.3, -0.25) is 0 Å². The number of hydrogen-bond acceptors (Lipinski definition) is 6. The molecule has 2 heterocycles. The quantitative estimate of drug-likeness (QED) is 0.471. The van der Waals surface area contributed by atoms with Gasteiger partial charge in [-0.2, -0.15) is 17.9 Å². The molecule has 0 saturated carbocycles. The third-order valence-electron chi connectivity index (χ3n) is 5.45. The number of nitrogens with one attached hydrogen (secondary N) is 2. The molecule has 34 heavy (non-hydrogen) atoms. The van der Waals surface area contributed by atoms with E-state index in [2.05, 4.69) is 26.2 Å². The van der Waals surface area contributed by atoms with Gasteiger partial charge in [-0.25, -0.2) is 4.39 Å². The molecule has 1 aliphatic rings. The molecule has 0 bridgehead atoms. The van der Waals surface area contributed by atoms with Crippen LogP contribution in [-0.4, -0.2) is 39.9 Å². The molecular formula is C21H24Cl2F4N6O. The average Bonchev–Trinajstić information content (AvgIpc) is 3.28. The molecule has 1 aromatic heterocycles. The van der Waals surface area contributed by atoms with Crippen LogP contribution in [0.25, 0.3) is 5.69 Å². The van der Waals surface area contributed by atoms with Crippen molar-refractivity contribution in [1.82, 2.24) is 30.8 Å². The van der Waals surface area contributed by atoms with Crippen molar-refractivity contribution < 1.29 is 22.3 Å².